The van der Waals surface area contributed by atoms with Gasteiger partial charge in [-0.2, -0.15) is 0 Å². The van der Waals surface area contributed by atoms with Gasteiger partial charge in [-0.1, -0.05) is 11.6 Å². The van der Waals surface area contributed by atoms with Crippen molar-refractivity contribution in [3.05, 3.63) is 44.0 Å². The highest BCUT2D eigenvalue weighted by molar-refractivity contribution is 14.1. The number of amides is 4. The minimum absolute atomic E-state index is 0.0685. The second kappa shape index (κ2) is 10.3. The monoisotopic (exact) mass is 586 g/mol. The number of hydrogen-bond acceptors (Lipinski definition) is 7. The molecule has 0 spiro atoms. The minimum Gasteiger partial charge on any atom is -0.495 e. The van der Waals surface area contributed by atoms with Crippen LogP contribution in [0.2, 0.25) is 5.02 Å². The number of methoxy groups -OCH3 is 3. The molecule has 1 aliphatic rings. The number of nitrogens with zero attached hydrogens (tertiary/aromatic N) is 1. The minimum atomic E-state index is -0.927. The molecule has 0 saturated carbocycles. The Balaban J connectivity index is 2.11. The van der Waals surface area contributed by atoms with Crippen LogP contribution in [0.4, 0.5) is 10.5 Å². The van der Waals surface area contributed by atoms with Crippen molar-refractivity contribution in [2.24, 2.45) is 0 Å². The molecule has 0 aromatic heterocycles. The molecule has 11 heteroatoms. The molecule has 1 fully saturated rings. The maximum absolute atomic E-state index is 13.3. The predicted molar refractivity (Wildman–Crippen MR) is 130 cm³/mol. The van der Waals surface area contributed by atoms with E-state index >= 15 is 0 Å². The van der Waals surface area contributed by atoms with Crippen molar-refractivity contribution in [3.8, 4) is 23.0 Å². The Morgan fingerprint density at radius 1 is 1.00 bits per heavy atom. The standard InChI is InChI=1S/C22H20ClIN2O7/c1-5-33-18-8-11(7-14(24)19(18)32-4)6-12-20(27)25-22(29)26(21(12)28)15-10-16(30-2)13(23)9-17(15)31-3/h6-10H,5H2,1-4H3,(H,25,27,29)/b12-6-. The van der Waals surface area contributed by atoms with E-state index in [1.165, 1.54) is 39.5 Å². The van der Waals surface area contributed by atoms with Crippen molar-refractivity contribution in [1.82, 2.24) is 5.32 Å². The number of carbonyl (C=O) groups excluding carboxylic acids is 3. The zero-order chi connectivity index (χ0) is 24.3. The van der Waals surface area contributed by atoms with Crippen LogP contribution in [0.25, 0.3) is 6.08 Å². The Morgan fingerprint density at radius 2 is 1.70 bits per heavy atom. The van der Waals surface area contributed by atoms with Crippen LogP contribution < -0.4 is 29.2 Å². The molecule has 0 bridgehead atoms. The molecule has 4 amide bonds. The lowest BCUT2D eigenvalue weighted by molar-refractivity contribution is -0.122. The van der Waals surface area contributed by atoms with Gasteiger partial charge in [0.1, 0.15) is 17.1 Å². The van der Waals surface area contributed by atoms with Gasteiger partial charge in [0, 0.05) is 12.1 Å². The van der Waals surface area contributed by atoms with E-state index in [0.29, 0.717) is 27.2 Å². The Hall–Kier alpha value is -2.99. The van der Waals surface area contributed by atoms with Gasteiger partial charge in [0.05, 0.1) is 42.2 Å². The number of ether oxygens (including phenoxy) is 4. The molecular formula is C22H20ClIN2O7. The molecule has 33 heavy (non-hydrogen) atoms. The van der Waals surface area contributed by atoms with Crippen LogP contribution in [-0.2, 0) is 9.59 Å². The van der Waals surface area contributed by atoms with Crippen LogP contribution in [0.1, 0.15) is 12.5 Å². The quantitative estimate of drug-likeness (QED) is 0.297. The highest BCUT2D eigenvalue weighted by Crippen LogP contribution is 2.40. The molecule has 1 heterocycles. The van der Waals surface area contributed by atoms with Crippen LogP contribution in [-0.4, -0.2) is 45.8 Å². The smallest absolute Gasteiger partial charge is 0.336 e. The highest BCUT2D eigenvalue weighted by atomic mass is 127. The Bertz CT molecular complexity index is 1170. The van der Waals surface area contributed by atoms with Crippen molar-refractivity contribution in [1.29, 1.82) is 0 Å². The van der Waals surface area contributed by atoms with E-state index in [4.69, 9.17) is 30.5 Å². The number of nitrogens with one attached hydrogen (secondary N) is 1. The summed E-state index contributed by atoms with van der Waals surface area (Å²) in [5.74, 6) is -0.300. The Kier molecular flexibility index (Phi) is 7.69. The number of rotatable bonds is 7. The molecular weight excluding hydrogens is 567 g/mol. The molecule has 1 aliphatic heterocycles. The Morgan fingerprint density at radius 3 is 2.30 bits per heavy atom. The molecule has 0 atom stereocenters. The lowest BCUT2D eigenvalue weighted by atomic mass is 10.1. The van der Waals surface area contributed by atoms with Gasteiger partial charge in [-0.15, -0.1) is 0 Å². The van der Waals surface area contributed by atoms with Crippen molar-refractivity contribution < 1.29 is 33.3 Å². The Labute approximate surface area is 208 Å². The second-order valence-electron chi connectivity index (χ2n) is 6.58. The zero-order valence-corrected chi connectivity index (χ0v) is 21.1. The number of halogens is 2. The third kappa shape index (κ3) is 4.86. The summed E-state index contributed by atoms with van der Waals surface area (Å²) in [6.07, 6.45) is 1.38. The number of urea groups is 1. The van der Waals surface area contributed by atoms with Gasteiger partial charge in [-0.25, -0.2) is 9.69 Å². The van der Waals surface area contributed by atoms with Gasteiger partial charge in [-0.3, -0.25) is 14.9 Å². The first kappa shape index (κ1) is 24.6. The van der Waals surface area contributed by atoms with Gasteiger partial charge < -0.3 is 18.9 Å². The fraction of sp³-hybridized carbons (Fsp3) is 0.227. The van der Waals surface area contributed by atoms with Crippen LogP contribution in [0, 0.1) is 3.57 Å². The maximum Gasteiger partial charge on any atom is 0.336 e. The van der Waals surface area contributed by atoms with E-state index in [2.05, 4.69) is 27.9 Å². The normalized spacial score (nSPS) is 14.9. The zero-order valence-electron chi connectivity index (χ0n) is 18.2. The first-order valence-electron chi connectivity index (χ1n) is 9.58. The lowest BCUT2D eigenvalue weighted by Crippen LogP contribution is -2.54. The molecule has 2 aromatic carbocycles. The van der Waals surface area contributed by atoms with E-state index in [1.54, 1.807) is 12.1 Å². The maximum atomic E-state index is 13.3. The summed E-state index contributed by atoms with van der Waals surface area (Å²) in [7, 11) is 4.28. The SMILES string of the molecule is CCOc1cc(/C=C2/C(=O)NC(=O)N(c3cc(OC)c(Cl)cc3OC)C2=O)cc(I)c1OC. The predicted octanol–water partition coefficient (Wildman–Crippen LogP) is 4.04. The van der Waals surface area contributed by atoms with Gasteiger partial charge in [0.2, 0.25) is 0 Å². The topological polar surface area (TPSA) is 103 Å². The van der Waals surface area contributed by atoms with E-state index in [9.17, 15) is 14.4 Å². The fourth-order valence-electron chi connectivity index (χ4n) is 3.19. The number of imide groups is 2. The van der Waals surface area contributed by atoms with E-state index < -0.39 is 17.8 Å². The van der Waals surface area contributed by atoms with Crippen molar-refractivity contribution in [2.75, 3.05) is 32.8 Å². The van der Waals surface area contributed by atoms with Crippen molar-refractivity contribution in [3.63, 3.8) is 0 Å². The summed E-state index contributed by atoms with van der Waals surface area (Å²) in [5.41, 5.74) is 0.324. The summed E-state index contributed by atoms with van der Waals surface area (Å²) in [6, 6.07) is 5.24. The average molecular weight is 587 g/mol. The summed E-state index contributed by atoms with van der Waals surface area (Å²) >= 11 is 8.20. The first-order valence-corrected chi connectivity index (χ1v) is 11.0. The summed E-state index contributed by atoms with van der Waals surface area (Å²) in [4.78, 5) is 39.3. The molecule has 1 N–H and O–H groups in total. The number of hydrogen-bond donors (Lipinski definition) is 1. The van der Waals surface area contributed by atoms with Crippen molar-refractivity contribution in [2.45, 2.75) is 6.92 Å². The van der Waals surface area contributed by atoms with Crippen LogP contribution in [0.3, 0.4) is 0 Å². The van der Waals surface area contributed by atoms with E-state index in [0.717, 1.165) is 4.90 Å². The average Bonchev–Trinajstić information content (AvgIpc) is 2.77. The summed E-state index contributed by atoms with van der Waals surface area (Å²) in [6.45, 7) is 2.22. The first-order chi connectivity index (χ1) is 15.7. The highest BCUT2D eigenvalue weighted by Gasteiger charge is 2.38. The molecule has 174 valence electrons. The van der Waals surface area contributed by atoms with Crippen molar-refractivity contribution >= 4 is 63.8 Å². The number of barbiturate groups is 1. The number of carbonyl (C=O) groups is 3. The fourth-order valence-corrected chi connectivity index (χ4v) is 4.27. The molecule has 9 nitrogen and oxygen atoms in total. The number of anilines is 1. The van der Waals surface area contributed by atoms with Gasteiger partial charge in [0.15, 0.2) is 11.5 Å². The van der Waals surface area contributed by atoms with E-state index in [1.807, 2.05) is 6.92 Å². The molecule has 1 saturated heterocycles. The third-order valence-corrected chi connectivity index (χ3v) is 5.74. The summed E-state index contributed by atoms with van der Waals surface area (Å²) < 4.78 is 22.2. The van der Waals surface area contributed by atoms with Crippen LogP contribution in [0.5, 0.6) is 23.0 Å². The molecule has 2 aromatic rings. The lowest BCUT2D eigenvalue weighted by Gasteiger charge is -2.28. The van der Waals surface area contributed by atoms with Gasteiger partial charge >= 0.3 is 6.03 Å². The molecule has 0 aliphatic carbocycles. The molecule has 0 unspecified atom stereocenters. The molecule has 0 radical (unpaired) electrons. The van der Waals surface area contributed by atoms with Gasteiger partial charge in [0.25, 0.3) is 11.8 Å². The van der Waals surface area contributed by atoms with E-state index in [-0.39, 0.29) is 27.8 Å². The largest absolute Gasteiger partial charge is 0.495 e. The van der Waals surface area contributed by atoms with Crippen LogP contribution >= 0.6 is 34.2 Å². The van der Waals surface area contributed by atoms with Gasteiger partial charge in [-0.05, 0) is 53.3 Å². The number of benzene rings is 2. The third-order valence-electron chi connectivity index (χ3n) is 4.64. The summed E-state index contributed by atoms with van der Waals surface area (Å²) in [5, 5.41) is 2.41. The molecule has 3 rings (SSSR count). The van der Waals surface area contributed by atoms with Crippen LogP contribution in [0.15, 0.2) is 29.8 Å². The second-order valence-corrected chi connectivity index (χ2v) is 8.15.